The summed E-state index contributed by atoms with van der Waals surface area (Å²) < 4.78 is 0. The van der Waals surface area contributed by atoms with Crippen molar-refractivity contribution in [2.45, 2.75) is 19.3 Å². The van der Waals surface area contributed by atoms with Crippen LogP contribution in [-0.2, 0) is 4.79 Å². The lowest BCUT2D eigenvalue weighted by Crippen LogP contribution is -2.29. The molecule has 0 spiro atoms. The molecule has 24 heavy (non-hydrogen) atoms. The number of nitrogens with zero attached hydrogens (tertiary/aromatic N) is 3. The third-order valence-corrected chi connectivity index (χ3v) is 4.64. The van der Waals surface area contributed by atoms with Crippen molar-refractivity contribution in [3.05, 3.63) is 46.2 Å². The van der Waals surface area contributed by atoms with E-state index in [9.17, 15) is 9.59 Å². The van der Waals surface area contributed by atoms with Crippen molar-refractivity contribution in [2.24, 2.45) is 5.92 Å². The first kappa shape index (κ1) is 16.4. The molecule has 0 unspecified atom stereocenters. The molecule has 126 valence electrons. The minimum atomic E-state index is -0.887. The van der Waals surface area contributed by atoms with E-state index >= 15 is 0 Å². The number of carboxylic acids is 1. The van der Waals surface area contributed by atoms with Gasteiger partial charge < -0.3 is 10.0 Å². The number of carbonyl (C=O) groups is 2. The molecule has 3 rings (SSSR count). The normalized spacial score (nSPS) is 20.3. The van der Waals surface area contributed by atoms with Gasteiger partial charge in [0.2, 0.25) is 0 Å². The van der Waals surface area contributed by atoms with E-state index in [1.165, 1.54) is 0 Å². The number of aromatic nitrogens is 3. The van der Waals surface area contributed by atoms with Crippen LogP contribution in [0.1, 0.15) is 34.0 Å². The van der Waals surface area contributed by atoms with E-state index < -0.39 is 5.97 Å². The molecule has 1 aromatic heterocycles. The zero-order valence-electron chi connectivity index (χ0n) is 13.1. The smallest absolute Gasteiger partial charge is 0.303 e. The lowest BCUT2D eigenvalue weighted by molar-refractivity contribution is -0.138. The number of carboxylic acid groups (broad SMARTS) is 1. The molecule has 2 aromatic rings. The van der Waals surface area contributed by atoms with E-state index in [0.29, 0.717) is 29.4 Å². The second kappa shape index (κ2) is 6.60. The van der Waals surface area contributed by atoms with E-state index in [-0.39, 0.29) is 24.2 Å². The fourth-order valence-corrected chi connectivity index (χ4v) is 3.36. The first-order valence-corrected chi connectivity index (χ1v) is 7.96. The first-order valence-electron chi connectivity index (χ1n) is 7.58. The molecule has 1 aliphatic rings. The average Bonchev–Trinajstić information content (AvgIpc) is 3.17. The zero-order chi connectivity index (χ0) is 17.3. The van der Waals surface area contributed by atoms with Crippen molar-refractivity contribution in [3.8, 4) is 0 Å². The number of benzene rings is 1. The first-order chi connectivity index (χ1) is 11.5. The molecule has 0 aliphatic carbocycles. The Balaban J connectivity index is 1.85. The Kier molecular flexibility index (Phi) is 4.53. The van der Waals surface area contributed by atoms with E-state index in [4.69, 9.17) is 16.7 Å². The molecule has 2 atom stereocenters. The molecule has 1 aliphatic heterocycles. The molecule has 2 heterocycles. The molecule has 0 radical (unpaired) electrons. The maximum Gasteiger partial charge on any atom is 0.303 e. The van der Waals surface area contributed by atoms with Crippen LogP contribution in [0, 0.1) is 12.8 Å². The van der Waals surface area contributed by atoms with Crippen LogP contribution < -0.4 is 0 Å². The molecule has 0 saturated carbocycles. The second-order valence-corrected chi connectivity index (χ2v) is 6.47. The maximum atomic E-state index is 12.8. The Bertz CT molecular complexity index is 763. The fourth-order valence-electron chi connectivity index (χ4n) is 3.19. The Morgan fingerprint density at radius 2 is 2.21 bits per heavy atom. The number of nitrogens with one attached hydrogen (secondary N) is 1. The number of amides is 1. The lowest BCUT2D eigenvalue weighted by Gasteiger charge is -2.17. The summed E-state index contributed by atoms with van der Waals surface area (Å²) in [7, 11) is 0. The Morgan fingerprint density at radius 3 is 2.88 bits per heavy atom. The van der Waals surface area contributed by atoms with Gasteiger partial charge in [0.25, 0.3) is 5.91 Å². The van der Waals surface area contributed by atoms with Gasteiger partial charge in [-0.2, -0.15) is 15.4 Å². The van der Waals surface area contributed by atoms with Crippen molar-refractivity contribution in [3.63, 3.8) is 0 Å². The summed E-state index contributed by atoms with van der Waals surface area (Å²) >= 11 is 6.00. The maximum absolute atomic E-state index is 12.8. The number of rotatable bonds is 4. The Morgan fingerprint density at radius 1 is 1.42 bits per heavy atom. The van der Waals surface area contributed by atoms with Crippen molar-refractivity contribution in [1.29, 1.82) is 0 Å². The number of H-pyrrole nitrogens is 1. The highest BCUT2D eigenvalue weighted by Crippen LogP contribution is 2.34. The summed E-state index contributed by atoms with van der Waals surface area (Å²) in [5.41, 5.74) is 2.06. The molecule has 0 bridgehead atoms. The van der Waals surface area contributed by atoms with Gasteiger partial charge in [-0.25, -0.2) is 0 Å². The summed E-state index contributed by atoms with van der Waals surface area (Å²) in [5.74, 6) is -1.38. The number of aliphatic carboxylic acids is 1. The topological polar surface area (TPSA) is 99.2 Å². The summed E-state index contributed by atoms with van der Waals surface area (Å²) in [6.45, 7) is 2.63. The van der Waals surface area contributed by atoms with Gasteiger partial charge in [-0.05, 0) is 30.5 Å². The van der Waals surface area contributed by atoms with Crippen LogP contribution >= 0.6 is 11.6 Å². The highest BCUT2D eigenvalue weighted by molar-refractivity contribution is 6.31. The Hall–Kier alpha value is -2.41. The van der Waals surface area contributed by atoms with E-state index in [1.807, 2.05) is 6.92 Å². The van der Waals surface area contributed by atoms with Gasteiger partial charge in [0.15, 0.2) is 0 Å². The summed E-state index contributed by atoms with van der Waals surface area (Å²) in [5, 5.41) is 20.0. The van der Waals surface area contributed by atoms with Crippen LogP contribution in [0.25, 0.3) is 0 Å². The Labute approximate surface area is 143 Å². The highest BCUT2D eigenvalue weighted by Gasteiger charge is 2.39. The number of hydrogen-bond acceptors (Lipinski definition) is 4. The molecule has 1 amide bonds. The predicted molar refractivity (Wildman–Crippen MR) is 87.0 cm³/mol. The lowest BCUT2D eigenvalue weighted by atomic mass is 9.91. The molecule has 1 saturated heterocycles. The van der Waals surface area contributed by atoms with Gasteiger partial charge in [0.1, 0.15) is 0 Å². The van der Waals surface area contributed by atoms with Crippen molar-refractivity contribution < 1.29 is 14.7 Å². The number of aryl methyl sites for hydroxylation is 1. The van der Waals surface area contributed by atoms with Crippen LogP contribution in [0.3, 0.4) is 0 Å². The van der Waals surface area contributed by atoms with Crippen LogP contribution in [0.15, 0.2) is 24.4 Å². The van der Waals surface area contributed by atoms with Gasteiger partial charge in [0, 0.05) is 29.6 Å². The average molecular weight is 349 g/mol. The van der Waals surface area contributed by atoms with Gasteiger partial charge >= 0.3 is 5.97 Å². The fraction of sp³-hybridized carbons (Fsp3) is 0.375. The van der Waals surface area contributed by atoms with Gasteiger partial charge in [0.05, 0.1) is 18.3 Å². The van der Waals surface area contributed by atoms with Crippen LogP contribution in [0.4, 0.5) is 0 Å². The van der Waals surface area contributed by atoms with E-state index in [1.54, 1.807) is 29.3 Å². The molecular formula is C16H17ClN4O3. The largest absolute Gasteiger partial charge is 0.481 e. The van der Waals surface area contributed by atoms with Crippen molar-refractivity contribution in [2.75, 3.05) is 13.1 Å². The number of carbonyl (C=O) groups excluding carboxylic acids is 1. The number of aromatic amines is 1. The molecule has 1 aromatic carbocycles. The summed E-state index contributed by atoms with van der Waals surface area (Å²) in [6.07, 6.45) is 1.56. The number of halogens is 1. The van der Waals surface area contributed by atoms with Crippen molar-refractivity contribution in [1.82, 2.24) is 20.3 Å². The molecule has 1 fully saturated rings. The molecule has 2 N–H and O–H groups in total. The van der Waals surface area contributed by atoms with Gasteiger partial charge in [-0.1, -0.05) is 17.7 Å². The van der Waals surface area contributed by atoms with Gasteiger partial charge in [-0.15, -0.1) is 0 Å². The minimum absolute atomic E-state index is 0.0180. The second-order valence-electron chi connectivity index (χ2n) is 6.03. The van der Waals surface area contributed by atoms with E-state index in [2.05, 4.69) is 15.4 Å². The highest BCUT2D eigenvalue weighted by atomic mass is 35.5. The number of likely N-dealkylation sites (tertiary alicyclic amines) is 1. The summed E-state index contributed by atoms with van der Waals surface area (Å²) in [6, 6.07) is 5.19. The minimum Gasteiger partial charge on any atom is -0.481 e. The van der Waals surface area contributed by atoms with Crippen LogP contribution in [-0.4, -0.2) is 50.4 Å². The zero-order valence-corrected chi connectivity index (χ0v) is 13.8. The third kappa shape index (κ3) is 3.26. The predicted octanol–water partition coefficient (Wildman–Crippen LogP) is 2.10. The SMILES string of the molecule is Cc1ccc(Cl)cc1C(=O)N1C[C@@H](CC(=O)O)[C@@H](c2cn[nH]n2)C1. The van der Waals surface area contributed by atoms with Crippen molar-refractivity contribution >= 4 is 23.5 Å². The van der Waals surface area contributed by atoms with Gasteiger partial charge in [-0.3, -0.25) is 9.59 Å². The van der Waals surface area contributed by atoms with Crippen LogP contribution in [0.2, 0.25) is 5.02 Å². The third-order valence-electron chi connectivity index (χ3n) is 4.41. The van der Waals surface area contributed by atoms with Crippen LogP contribution in [0.5, 0.6) is 0 Å². The monoisotopic (exact) mass is 348 g/mol. The quantitative estimate of drug-likeness (QED) is 0.881. The molecule has 7 nitrogen and oxygen atoms in total. The molecular weight excluding hydrogens is 332 g/mol. The molecule has 8 heteroatoms. The van der Waals surface area contributed by atoms with E-state index in [0.717, 1.165) is 5.56 Å². The summed E-state index contributed by atoms with van der Waals surface area (Å²) in [4.78, 5) is 25.7. The standard InChI is InChI=1S/C16H17ClN4O3/c1-9-2-3-11(17)5-12(9)16(24)21-7-10(4-15(22)23)13(8-21)14-6-18-20-19-14/h2-3,5-6,10,13H,4,7-8H2,1H3,(H,22,23)(H,18,19,20)/t10-,13+/m1/s1. The number of hydrogen-bond donors (Lipinski definition) is 2.